The van der Waals surface area contributed by atoms with E-state index < -0.39 is 0 Å². The van der Waals surface area contributed by atoms with Gasteiger partial charge in [-0.1, -0.05) is 66.7 Å². The zero-order chi connectivity index (χ0) is 13.2. The molecule has 0 atom stereocenters. The van der Waals surface area contributed by atoms with E-state index in [1.807, 2.05) is 60.7 Å². The van der Waals surface area contributed by atoms with Crippen LogP contribution >= 0.6 is 11.6 Å². The molecular weight excluding hydrogens is 254 g/mol. The van der Waals surface area contributed by atoms with Gasteiger partial charge in [0.15, 0.2) is 0 Å². The van der Waals surface area contributed by atoms with E-state index in [0.717, 1.165) is 32.7 Å². The Morgan fingerprint density at radius 2 is 1.79 bits per heavy atom. The third kappa shape index (κ3) is 2.25. The molecule has 92 valence electrons. The number of nitrogens with zero attached hydrogens (tertiary/aromatic N) is 1. The van der Waals surface area contributed by atoms with Gasteiger partial charge in [-0.2, -0.15) is 0 Å². The summed E-state index contributed by atoms with van der Waals surface area (Å²) in [5.74, 6) is 0. The van der Waals surface area contributed by atoms with Crippen LogP contribution in [-0.2, 0) is 0 Å². The third-order valence-electron chi connectivity index (χ3n) is 3.09. The van der Waals surface area contributed by atoms with E-state index in [4.69, 9.17) is 11.6 Å². The Morgan fingerprint density at radius 3 is 2.53 bits per heavy atom. The summed E-state index contributed by atoms with van der Waals surface area (Å²) in [5.41, 5.74) is 3.89. The van der Waals surface area contributed by atoms with Crippen LogP contribution in [0.1, 0.15) is 5.56 Å². The van der Waals surface area contributed by atoms with Crippen molar-refractivity contribution in [3.8, 4) is 11.3 Å². The molecule has 0 unspecified atom stereocenters. The topological polar surface area (TPSA) is 12.9 Å². The van der Waals surface area contributed by atoms with Crippen LogP contribution in [0.15, 0.2) is 61.2 Å². The maximum absolute atomic E-state index is 6.34. The second-order valence-corrected chi connectivity index (χ2v) is 4.74. The van der Waals surface area contributed by atoms with E-state index in [1.54, 1.807) is 0 Å². The fourth-order valence-corrected chi connectivity index (χ4v) is 2.35. The van der Waals surface area contributed by atoms with Crippen molar-refractivity contribution in [1.82, 2.24) is 4.98 Å². The molecule has 0 aliphatic heterocycles. The Hall–Kier alpha value is -2.12. The van der Waals surface area contributed by atoms with Crippen molar-refractivity contribution in [3.05, 3.63) is 71.8 Å². The lowest BCUT2D eigenvalue weighted by atomic mass is 10.1. The van der Waals surface area contributed by atoms with Crippen molar-refractivity contribution in [1.29, 1.82) is 0 Å². The second-order valence-electron chi connectivity index (χ2n) is 4.34. The molecule has 0 aliphatic rings. The lowest BCUT2D eigenvalue weighted by molar-refractivity contribution is 1.40. The molecular formula is C17H12ClN. The molecule has 0 spiro atoms. The highest BCUT2D eigenvalue weighted by Crippen LogP contribution is 2.28. The molecule has 3 aromatic rings. The van der Waals surface area contributed by atoms with E-state index in [-0.39, 0.29) is 0 Å². The van der Waals surface area contributed by atoms with Gasteiger partial charge in [-0.3, -0.25) is 0 Å². The molecule has 2 heteroatoms. The Morgan fingerprint density at radius 1 is 1.00 bits per heavy atom. The van der Waals surface area contributed by atoms with Crippen LogP contribution in [0.25, 0.3) is 28.2 Å². The maximum Gasteiger partial charge on any atom is 0.0730 e. The van der Waals surface area contributed by atoms with Gasteiger partial charge < -0.3 is 0 Å². The van der Waals surface area contributed by atoms with Crippen LogP contribution in [-0.4, -0.2) is 4.98 Å². The SMILES string of the molecule is C=Cc1ccc2c(Cl)cc(-c3ccccc3)nc2c1. The van der Waals surface area contributed by atoms with Gasteiger partial charge in [-0.25, -0.2) is 4.98 Å². The van der Waals surface area contributed by atoms with Gasteiger partial charge in [-0.05, 0) is 17.7 Å². The molecule has 0 fully saturated rings. The number of pyridine rings is 1. The van der Waals surface area contributed by atoms with Crippen LogP contribution in [0, 0.1) is 0 Å². The van der Waals surface area contributed by atoms with Crippen molar-refractivity contribution in [2.45, 2.75) is 0 Å². The maximum atomic E-state index is 6.34. The highest BCUT2D eigenvalue weighted by molar-refractivity contribution is 6.35. The Kier molecular flexibility index (Phi) is 3.06. The summed E-state index contributed by atoms with van der Waals surface area (Å²) < 4.78 is 0. The first-order valence-electron chi connectivity index (χ1n) is 6.06. The Balaban J connectivity index is 2.25. The van der Waals surface area contributed by atoms with E-state index in [0.29, 0.717) is 0 Å². The second kappa shape index (κ2) is 4.87. The summed E-state index contributed by atoms with van der Waals surface area (Å²) in [7, 11) is 0. The van der Waals surface area contributed by atoms with Crippen molar-refractivity contribution >= 4 is 28.6 Å². The Labute approximate surface area is 117 Å². The van der Waals surface area contributed by atoms with Gasteiger partial charge in [0.05, 0.1) is 16.2 Å². The van der Waals surface area contributed by atoms with E-state index in [2.05, 4.69) is 11.6 Å². The first-order valence-corrected chi connectivity index (χ1v) is 6.44. The smallest absolute Gasteiger partial charge is 0.0730 e. The molecule has 2 aromatic carbocycles. The quantitative estimate of drug-likeness (QED) is 0.621. The van der Waals surface area contributed by atoms with Gasteiger partial charge in [0.2, 0.25) is 0 Å². The number of aromatic nitrogens is 1. The fraction of sp³-hybridized carbons (Fsp3) is 0. The predicted octanol–water partition coefficient (Wildman–Crippen LogP) is 5.20. The van der Waals surface area contributed by atoms with Gasteiger partial charge in [-0.15, -0.1) is 0 Å². The lowest BCUT2D eigenvalue weighted by Crippen LogP contribution is -1.87. The zero-order valence-electron chi connectivity index (χ0n) is 10.3. The van der Waals surface area contributed by atoms with E-state index in [9.17, 15) is 0 Å². The molecule has 1 aromatic heterocycles. The molecule has 0 aliphatic carbocycles. The largest absolute Gasteiger partial charge is 0.248 e. The molecule has 19 heavy (non-hydrogen) atoms. The fourth-order valence-electron chi connectivity index (χ4n) is 2.09. The molecule has 0 bridgehead atoms. The minimum absolute atomic E-state index is 0.722. The molecule has 3 rings (SSSR count). The summed E-state index contributed by atoms with van der Waals surface area (Å²) in [6.07, 6.45) is 1.81. The van der Waals surface area contributed by atoms with Gasteiger partial charge in [0.25, 0.3) is 0 Å². The minimum atomic E-state index is 0.722. The Bertz CT molecular complexity index is 748. The van der Waals surface area contributed by atoms with Gasteiger partial charge >= 0.3 is 0 Å². The molecule has 1 heterocycles. The first-order chi connectivity index (χ1) is 9.28. The van der Waals surface area contributed by atoms with Crippen LogP contribution in [0.3, 0.4) is 0 Å². The predicted molar refractivity (Wildman–Crippen MR) is 82.3 cm³/mol. The number of hydrogen-bond acceptors (Lipinski definition) is 1. The van der Waals surface area contributed by atoms with E-state index >= 15 is 0 Å². The number of hydrogen-bond donors (Lipinski definition) is 0. The molecule has 0 amide bonds. The van der Waals surface area contributed by atoms with Crippen LogP contribution in [0.4, 0.5) is 0 Å². The highest BCUT2D eigenvalue weighted by atomic mass is 35.5. The van der Waals surface area contributed by atoms with Crippen molar-refractivity contribution in [3.63, 3.8) is 0 Å². The van der Waals surface area contributed by atoms with Gasteiger partial charge in [0, 0.05) is 10.9 Å². The van der Waals surface area contributed by atoms with Crippen molar-refractivity contribution in [2.75, 3.05) is 0 Å². The zero-order valence-corrected chi connectivity index (χ0v) is 11.1. The number of halogens is 1. The molecule has 0 N–H and O–H groups in total. The van der Waals surface area contributed by atoms with Crippen LogP contribution in [0.2, 0.25) is 5.02 Å². The highest BCUT2D eigenvalue weighted by Gasteiger charge is 2.06. The first kappa shape index (κ1) is 11.9. The monoisotopic (exact) mass is 265 g/mol. The third-order valence-corrected chi connectivity index (χ3v) is 3.40. The van der Waals surface area contributed by atoms with Crippen LogP contribution in [0.5, 0.6) is 0 Å². The molecule has 1 nitrogen and oxygen atoms in total. The number of fused-ring (bicyclic) bond motifs is 1. The lowest BCUT2D eigenvalue weighted by Gasteiger charge is -2.06. The van der Waals surface area contributed by atoms with Crippen molar-refractivity contribution in [2.24, 2.45) is 0 Å². The average Bonchev–Trinajstić information content (AvgIpc) is 2.47. The van der Waals surface area contributed by atoms with Crippen molar-refractivity contribution < 1.29 is 0 Å². The van der Waals surface area contributed by atoms with Crippen LogP contribution < -0.4 is 0 Å². The summed E-state index contributed by atoms with van der Waals surface area (Å²) >= 11 is 6.34. The summed E-state index contributed by atoms with van der Waals surface area (Å²) in [5, 5.41) is 1.69. The number of benzene rings is 2. The summed E-state index contributed by atoms with van der Waals surface area (Å²) in [6.45, 7) is 3.78. The van der Waals surface area contributed by atoms with Gasteiger partial charge in [0.1, 0.15) is 0 Å². The normalized spacial score (nSPS) is 10.6. The number of rotatable bonds is 2. The standard InChI is InChI=1S/C17H12ClN/c1-2-12-8-9-14-15(18)11-16(19-17(14)10-12)13-6-4-3-5-7-13/h2-11H,1H2. The average molecular weight is 266 g/mol. The summed E-state index contributed by atoms with van der Waals surface area (Å²) in [4.78, 5) is 4.68. The minimum Gasteiger partial charge on any atom is -0.248 e. The molecule has 0 saturated heterocycles. The van der Waals surface area contributed by atoms with E-state index in [1.165, 1.54) is 0 Å². The summed E-state index contributed by atoms with van der Waals surface area (Å²) in [6, 6.07) is 17.9. The molecule has 0 radical (unpaired) electrons. The molecule has 0 saturated carbocycles.